The van der Waals surface area contributed by atoms with E-state index < -0.39 is 11.0 Å². The summed E-state index contributed by atoms with van der Waals surface area (Å²) >= 11 is 0. The highest BCUT2D eigenvalue weighted by molar-refractivity contribution is 7.87. The average molecular weight is 269 g/mol. The van der Waals surface area contributed by atoms with Crippen LogP contribution in [-0.2, 0) is 15.8 Å². The fourth-order valence-electron chi connectivity index (χ4n) is 2.14. The van der Waals surface area contributed by atoms with Gasteiger partial charge >= 0.3 is 0 Å². The van der Waals surface area contributed by atoms with Gasteiger partial charge in [-0.15, -0.1) is 0 Å². The first-order valence-corrected chi connectivity index (χ1v) is 7.77. The van der Waals surface area contributed by atoms with Gasteiger partial charge in [0.05, 0.1) is 4.91 Å². The molecule has 0 radical (unpaired) electrons. The van der Waals surface area contributed by atoms with E-state index in [1.54, 1.807) is 6.92 Å². The van der Waals surface area contributed by atoms with Crippen molar-refractivity contribution in [3.8, 4) is 0 Å². The van der Waals surface area contributed by atoms with Gasteiger partial charge in [0.1, 0.15) is 11.0 Å². The highest BCUT2D eigenvalue weighted by Gasteiger charge is 2.23. The summed E-state index contributed by atoms with van der Waals surface area (Å²) in [5, 5.41) is 0. The summed E-state index contributed by atoms with van der Waals surface area (Å²) in [6.07, 6.45) is 7.87. The third-order valence-corrected chi connectivity index (χ3v) is 4.72. The third kappa shape index (κ3) is 3.89. The highest BCUT2D eigenvalue weighted by atomic mass is 32.2. The van der Waals surface area contributed by atoms with Crippen molar-refractivity contribution in [2.24, 2.45) is 0 Å². The quantitative estimate of drug-likeness (QED) is 0.568. The Morgan fingerprint density at radius 1 is 1.28 bits per heavy atom. The largest absolute Gasteiger partial charge is 0.294 e. The van der Waals surface area contributed by atoms with Crippen LogP contribution in [0.3, 0.4) is 0 Å². The lowest BCUT2D eigenvalue weighted by Crippen LogP contribution is -2.33. The zero-order valence-electron chi connectivity index (χ0n) is 11.6. The van der Waals surface area contributed by atoms with Gasteiger partial charge in [0, 0.05) is 18.7 Å². The van der Waals surface area contributed by atoms with E-state index in [-0.39, 0.29) is 5.78 Å². The molecule has 0 N–H and O–H groups in total. The van der Waals surface area contributed by atoms with Gasteiger partial charge in [-0.3, -0.25) is 4.79 Å². The van der Waals surface area contributed by atoms with Gasteiger partial charge in [-0.05, 0) is 33.1 Å². The second-order valence-electron chi connectivity index (χ2n) is 4.47. The maximum absolute atomic E-state index is 12.5. The Bertz CT molecular complexity index is 379. The molecular formula is C14H23NO2S. The van der Waals surface area contributed by atoms with Crippen molar-refractivity contribution in [3.05, 3.63) is 22.6 Å². The zero-order valence-corrected chi connectivity index (χ0v) is 12.4. The normalized spacial score (nSPS) is 20.8. The molecule has 1 aliphatic rings. The molecule has 0 aromatic heterocycles. The van der Waals surface area contributed by atoms with Crippen LogP contribution in [0.2, 0.25) is 0 Å². The zero-order chi connectivity index (χ0) is 13.5. The average Bonchev–Trinajstić information content (AvgIpc) is 2.39. The number of hydrogen-bond donors (Lipinski definition) is 0. The predicted molar refractivity (Wildman–Crippen MR) is 76.4 cm³/mol. The lowest BCUT2D eigenvalue weighted by Gasteiger charge is -2.26. The van der Waals surface area contributed by atoms with Crippen LogP contribution in [0.1, 0.15) is 46.5 Å². The van der Waals surface area contributed by atoms with E-state index in [1.165, 1.54) is 6.42 Å². The van der Waals surface area contributed by atoms with Crippen molar-refractivity contribution in [1.29, 1.82) is 0 Å². The number of carbonyl (C=O) groups excluding carboxylic acids is 1. The van der Waals surface area contributed by atoms with E-state index in [0.29, 0.717) is 10.5 Å². The molecule has 1 aliphatic heterocycles. The summed E-state index contributed by atoms with van der Waals surface area (Å²) in [5.41, 5.74) is 0.615. The lowest BCUT2D eigenvalue weighted by atomic mass is 10.1. The van der Waals surface area contributed by atoms with Crippen LogP contribution in [-0.4, -0.2) is 27.4 Å². The third-order valence-electron chi connectivity index (χ3n) is 3.05. The molecule has 0 aliphatic carbocycles. The molecule has 1 unspecified atom stereocenters. The molecule has 0 aromatic rings. The Hall–Kier alpha value is -0.740. The summed E-state index contributed by atoms with van der Waals surface area (Å²) in [7, 11) is -1.19. The first kappa shape index (κ1) is 15.3. The second kappa shape index (κ2) is 7.64. The standard InChI is InChI=1S/C14H23NO2S/c1-4-9-13(12(3)16)14(5-2)18(17)15-10-7-6-8-11-15/h5,9H,4,6-8,10-11H2,1-3H3/b13-9-,14-5+. The van der Waals surface area contributed by atoms with Gasteiger partial charge in [0.25, 0.3) is 0 Å². The number of nitrogens with zero attached hydrogens (tertiary/aromatic N) is 1. The summed E-state index contributed by atoms with van der Waals surface area (Å²) in [5.74, 6) is -0.00434. The lowest BCUT2D eigenvalue weighted by molar-refractivity contribution is -0.113. The maximum Gasteiger partial charge on any atom is 0.160 e. The Labute approximate surface area is 113 Å². The molecule has 3 nitrogen and oxygen atoms in total. The summed E-state index contributed by atoms with van der Waals surface area (Å²) in [4.78, 5) is 12.3. The molecule has 1 heterocycles. The van der Waals surface area contributed by atoms with Gasteiger partial charge in [-0.25, -0.2) is 8.51 Å². The van der Waals surface area contributed by atoms with Crippen molar-refractivity contribution in [3.63, 3.8) is 0 Å². The Morgan fingerprint density at radius 2 is 1.89 bits per heavy atom. The number of ketones is 1. The van der Waals surface area contributed by atoms with Crippen molar-refractivity contribution in [1.82, 2.24) is 4.31 Å². The Morgan fingerprint density at radius 3 is 2.33 bits per heavy atom. The van der Waals surface area contributed by atoms with Crippen LogP contribution in [0, 0.1) is 0 Å². The van der Waals surface area contributed by atoms with Crippen LogP contribution in [0.15, 0.2) is 22.6 Å². The number of Topliss-reactive ketones (excluding diaryl/α,β-unsaturated/α-hetero) is 1. The van der Waals surface area contributed by atoms with Crippen molar-refractivity contribution in [2.45, 2.75) is 46.5 Å². The Kier molecular flexibility index (Phi) is 6.50. The predicted octanol–water partition coefficient (Wildman–Crippen LogP) is 2.97. The van der Waals surface area contributed by atoms with E-state index in [9.17, 15) is 9.00 Å². The minimum Gasteiger partial charge on any atom is -0.294 e. The van der Waals surface area contributed by atoms with E-state index in [1.807, 2.05) is 30.3 Å². The van der Waals surface area contributed by atoms with Crippen LogP contribution in [0.25, 0.3) is 0 Å². The molecular weight excluding hydrogens is 246 g/mol. The van der Waals surface area contributed by atoms with Crippen LogP contribution >= 0.6 is 0 Å². The molecule has 0 bridgehead atoms. The van der Waals surface area contributed by atoms with Crippen molar-refractivity contribution in [2.75, 3.05) is 13.1 Å². The molecule has 1 rings (SSSR count). The molecule has 1 fully saturated rings. The molecule has 18 heavy (non-hydrogen) atoms. The van der Waals surface area contributed by atoms with E-state index in [2.05, 4.69) is 0 Å². The van der Waals surface area contributed by atoms with Gasteiger partial charge in [0.15, 0.2) is 5.78 Å². The first-order valence-electron chi connectivity index (χ1n) is 6.66. The number of piperidine rings is 1. The van der Waals surface area contributed by atoms with Crippen molar-refractivity contribution >= 4 is 16.8 Å². The number of allylic oxidation sites excluding steroid dienone is 3. The van der Waals surface area contributed by atoms with Gasteiger partial charge < -0.3 is 0 Å². The molecule has 4 heteroatoms. The molecule has 0 spiro atoms. The van der Waals surface area contributed by atoms with E-state index in [4.69, 9.17) is 0 Å². The summed E-state index contributed by atoms with van der Waals surface area (Å²) in [6, 6.07) is 0. The first-order chi connectivity index (χ1) is 8.61. The molecule has 0 saturated carbocycles. The molecule has 1 saturated heterocycles. The fourth-order valence-corrected chi connectivity index (χ4v) is 3.63. The van der Waals surface area contributed by atoms with Gasteiger partial charge in [0.2, 0.25) is 0 Å². The van der Waals surface area contributed by atoms with Crippen molar-refractivity contribution < 1.29 is 9.00 Å². The smallest absolute Gasteiger partial charge is 0.160 e. The fraction of sp³-hybridized carbons (Fsp3) is 0.643. The number of hydrogen-bond acceptors (Lipinski definition) is 2. The van der Waals surface area contributed by atoms with Crippen LogP contribution in [0.4, 0.5) is 0 Å². The molecule has 102 valence electrons. The van der Waals surface area contributed by atoms with Crippen LogP contribution < -0.4 is 0 Å². The topological polar surface area (TPSA) is 37.4 Å². The second-order valence-corrected chi connectivity index (χ2v) is 5.93. The number of carbonyl (C=O) groups is 1. The summed E-state index contributed by atoms with van der Waals surface area (Å²) < 4.78 is 14.5. The SMILES string of the molecule is C/C=C(\C(=C/CC)C(C)=O)S(=O)N1CCCCC1. The van der Waals surface area contributed by atoms with Gasteiger partial charge in [-0.1, -0.05) is 25.5 Å². The highest BCUT2D eigenvalue weighted by Crippen LogP contribution is 2.22. The minimum atomic E-state index is -1.19. The minimum absolute atomic E-state index is 0.00434. The monoisotopic (exact) mass is 269 g/mol. The molecule has 0 aromatic carbocycles. The Balaban J connectivity index is 2.91. The maximum atomic E-state index is 12.5. The van der Waals surface area contributed by atoms with E-state index >= 15 is 0 Å². The summed E-state index contributed by atoms with van der Waals surface area (Å²) in [6.45, 7) is 7.10. The molecule has 0 amide bonds. The van der Waals surface area contributed by atoms with Gasteiger partial charge in [-0.2, -0.15) is 0 Å². The number of rotatable bonds is 5. The van der Waals surface area contributed by atoms with E-state index in [0.717, 1.165) is 32.4 Å². The van der Waals surface area contributed by atoms with Crippen LogP contribution in [0.5, 0.6) is 0 Å². The molecule has 1 atom stereocenters.